The number of Topliss-reactive ketones (excluding diaryl/α,β-unsaturated/α-hetero) is 1. The van der Waals surface area contributed by atoms with Crippen LogP contribution >= 0.6 is 15.9 Å². The first-order chi connectivity index (χ1) is 10.2. The minimum absolute atomic E-state index is 0.238. The van der Waals surface area contributed by atoms with Crippen molar-refractivity contribution in [3.05, 3.63) is 34.3 Å². The molecule has 21 heavy (non-hydrogen) atoms. The van der Waals surface area contributed by atoms with Crippen molar-refractivity contribution < 1.29 is 4.79 Å². The summed E-state index contributed by atoms with van der Waals surface area (Å²) in [5.74, 6) is 0.238. The second-order valence-corrected chi connectivity index (χ2v) is 7.59. The summed E-state index contributed by atoms with van der Waals surface area (Å²) in [6, 6.07) is 7.75. The Morgan fingerprint density at radius 3 is 2.38 bits per heavy atom. The van der Waals surface area contributed by atoms with Crippen LogP contribution in [0.1, 0.15) is 55.3 Å². The molecule has 2 nitrogen and oxygen atoms in total. The standard InChI is InChI=1S/C18H24BrNO/c19-16-7-3-2-6-15(16)17(21)14-20-12-10-18(11-13-20)8-4-1-5-9-18/h2-3,6-7H,1,4-5,8-14H2. The molecule has 0 bridgehead atoms. The van der Waals surface area contributed by atoms with Gasteiger partial charge in [-0.15, -0.1) is 0 Å². The summed E-state index contributed by atoms with van der Waals surface area (Å²) in [6.45, 7) is 2.76. The molecule has 114 valence electrons. The summed E-state index contributed by atoms with van der Waals surface area (Å²) in [5.41, 5.74) is 1.43. The SMILES string of the molecule is O=C(CN1CCC2(CCCCC2)CC1)c1ccccc1Br. The number of hydrogen-bond acceptors (Lipinski definition) is 2. The van der Waals surface area contributed by atoms with Crippen LogP contribution < -0.4 is 0 Å². The van der Waals surface area contributed by atoms with Crippen molar-refractivity contribution in [3.63, 3.8) is 0 Å². The van der Waals surface area contributed by atoms with E-state index in [9.17, 15) is 4.79 Å². The number of carbonyl (C=O) groups excluding carboxylic acids is 1. The van der Waals surface area contributed by atoms with E-state index in [2.05, 4.69) is 20.8 Å². The van der Waals surface area contributed by atoms with Gasteiger partial charge in [-0.2, -0.15) is 0 Å². The Labute approximate surface area is 136 Å². The Morgan fingerprint density at radius 2 is 1.71 bits per heavy atom. The number of hydrogen-bond donors (Lipinski definition) is 0. The van der Waals surface area contributed by atoms with Crippen LogP contribution in [-0.4, -0.2) is 30.3 Å². The van der Waals surface area contributed by atoms with Crippen molar-refractivity contribution in [2.45, 2.75) is 44.9 Å². The van der Waals surface area contributed by atoms with Gasteiger partial charge in [0.1, 0.15) is 0 Å². The first-order valence-corrected chi connectivity index (χ1v) is 8.98. The maximum atomic E-state index is 12.4. The predicted octanol–water partition coefficient (Wildman–Crippen LogP) is 4.68. The van der Waals surface area contributed by atoms with Gasteiger partial charge in [-0.25, -0.2) is 0 Å². The van der Waals surface area contributed by atoms with Crippen LogP contribution in [0, 0.1) is 5.41 Å². The molecule has 3 rings (SSSR count). The van der Waals surface area contributed by atoms with Gasteiger partial charge in [-0.05, 0) is 50.3 Å². The van der Waals surface area contributed by atoms with Gasteiger partial charge in [0, 0.05) is 10.0 Å². The largest absolute Gasteiger partial charge is 0.296 e. The maximum absolute atomic E-state index is 12.4. The average Bonchev–Trinajstić information content (AvgIpc) is 2.51. The van der Waals surface area contributed by atoms with Gasteiger partial charge >= 0.3 is 0 Å². The van der Waals surface area contributed by atoms with Crippen molar-refractivity contribution in [3.8, 4) is 0 Å². The van der Waals surface area contributed by atoms with Gasteiger partial charge in [0.2, 0.25) is 0 Å². The van der Waals surface area contributed by atoms with Crippen LogP contribution in [0.2, 0.25) is 0 Å². The lowest BCUT2D eigenvalue weighted by Gasteiger charge is -2.44. The molecular formula is C18H24BrNO. The molecule has 0 atom stereocenters. The summed E-state index contributed by atoms with van der Waals surface area (Å²) in [7, 11) is 0. The van der Waals surface area contributed by atoms with Gasteiger partial charge in [0.15, 0.2) is 5.78 Å². The molecule has 1 aliphatic heterocycles. The van der Waals surface area contributed by atoms with E-state index in [0.29, 0.717) is 12.0 Å². The summed E-state index contributed by atoms with van der Waals surface area (Å²) < 4.78 is 0.913. The number of ketones is 1. The third-order valence-electron chi connectivity index (χ3n) is 5.37. The molecule has 0 amide bonds. The molecule has 2 fully saturated rings. The molecule has 1 aromatic carbocycles. The van der Waals surface area contributed by atoms with Gasteiger partial charge in [-0.1, -0.05) is 53.4 Å². The van der Waals surface area contributed by atoms with E-state index >= 15 is 0 Å². The van der Waals surface area contributed by atoms with Crippen LogP contribution in [0.25, 0.3) is 0 Å². The Balaban J connectivity index is 1.56. The van der Waals surface area contributed by atoms with Crippen molar-refractivity contribution in [1.82, 2.24) is 4.90 Å². The van der Waals surface area contributed by atoms with Gasteiger partial charge < -0.3 is 0 Å². The van der Waals surface area contributed by atoms with E-state index in [1.165, 1.54) is 44.9 Å². The van der Waals surface area contributed by atoms with Crippen LogP contribution in [0.5, 0.6) is 0 Å². The highest BCUT2D eigenvalue weighted by Crippen LogP contribution is 2.44. The first kappa shape index (κ1) is 15.2. The molecule has 0 unspecified atom stereocenters. The minimum Gasteiger partial charge on any atom is -0.296 e. The molecule has 0 radical (unpaired) electrons. The summed E-state index contributed by atoms with van der Waals surface area (Å²) >= 11 is 3.48. The predicted molar refractivity (Wildman–Crippen MR) is 89.7 cm³/mol. The van der Waals surface area contributed by atoms with Crippen molar-refractivity contribution in [2.75, 3.05) is 19.6 Å². The van der Waals surface area contributed by atoms with E-state index in [-0.39, 0.29) is 5.78 Å². The molecule has 1 aromatic rings. The molecular weight excluding hydrogens is 326 g/mol. The first-order valence-electron chi connectivity index (χ1n) is 8.19. The van der Waals surface area contributed by atoms with Gasteiger partial charge in [-0.3, -0.25) is 9.69 Å². The van der Waals surface area contributed by atoms with Crippen molar-refractivity contribution in [1.29, 1.82) is 0 Å². The molecule has 0 aromatic heterocycles. The lowest BCUT2D eigenvalue weighted by atomic mass is 9.68. The fourth-order valence-electron chi connectivity index (χ4n) is 3.96. The molecule has 1 saturated heterocycles. The zero-order valence-electron chi connectivity index (χ0n) is 12.6. The molecule has 1 heterocycles. The van der Waals surface area contributed by atoms with E-state index in [4.69, 9.17) is 0 Å². The highest BCUT2D eigenvalue weighted by molar-refractivity contribution is 9.10. The smallest absolute Gasteiger partial charge is 0.177 e. The number of likely N-dealkylation sites (tertiary alicyclic amines) is 1. The van der Waals surface area contributed by atoms with Crippen molar-refractivity contribution >= 4 is 21.7 Å². The Bertz CT molecular complexity index is 498. The van der Waals surface area contributed by atoms with Crippen molar-refractivity contribution in [2.24, 2.45) is 5.41 Å². The van der Waals surface area contributed by atoms with Crippen LogP contribution in [0.4, 0.5) is 0 Å². The fourth-order valence-corrected chi connectivity index (χ4v) is 4.47. The maximum Gasteiger partial charge on any atom is 0.177 e. The number of nitrogens with zero attached hydrogens (tertiary/aromatic N) is 1. The lowest BCUT2D eigenvalue weighted by Crippen LogP contribution is -2.43. The second-order valence-electron chi connectivity index (χ2n) is 6.74. The third kappa shape index (κ3) is 3.57. The van der Waals surface area contributed by atoms with E-state index in [1.54, 1.807) is 0 Å². The topological polar surface area (TPSA) is 20.3 Å². The van der Waals surface area contributed by atoms with Crippen LogP contribution in [-0.2, 0) is 0 Å². The van der Waals surface area contributed by atoms with Crippen LogP contribution in [0.15, 0.2) is 28.7 Å². The number of benzene rings is 1. The zero-order valence-corrected chi connectivity index (χ0v) is 14.2. The average molecular weight is 350 g/mol. The molecule has 3 heteroatoms. The number of piperidine rings is 1. The third-order valence-corrected chi connectivity index (χ3v) is 6.06. The Hall–Kier alpha value is -0.670. The van der Waals surface area contributed by atoms with Gasteiger partial charge in [0.25, 0.3) is 0 Å². The Kier molecular flexibility index (Phi) is 4.80. The highest BCUT2D eigenvalue weighted by atomic mass is 79.9. The molecule has 1 spiro atoms. The number of carbonyl (C=O) groups is 1. The Morgan fingerprint density at radius 1 is 1.05 bits per heavy atom. The van der Waals surface area contributed by atoms with E-state index in [0.717, 1.165) is 23.1 Å². The molecule has 0 N–H and O–H groups in total. The van der Waals surface area contributed by atoms with Crippen LogP contribution in [0.3, 0.4) is 0 Å². The lowest BCUT2D eigenvalue weighted by molar-refractivity contribution is 0.0611. The summed E-state index contributed by atoms with van der Waals surface area (Å²) in [4.78, 5) is 14.8. The normalized spacial score (nSPS) is 22.3. The summed E-state index contributed by atoms with van der Waals surface area (Å²) in [5, 5.41) is 0. The molecule has 1 saturated carbocycles. The zero-order chi connectivity index (χ0) is 14.7. The summed E-state index contributed by atoms with van der Waals surface area (Å²) in [6.07, 6.45) is 9.66. The number of rotatable bonds is 3. The number of halogens is 1. The quantitative estimate of drug-likeness (QED) is 0.738. The second kappa shape index (κ2) is 6.62. The minimum atomic E-state index is 0.238. The fraction of sp³-hybridized carbons (Fsp3) is 0.611. The van der Waals surface area contributed by atoms with E-state index in [1.807, 2.05) is 24.3 Å². The van der Waals surface area contributed by atoms with E-state index < -0.39 is 0 Å². The highest BCUT2D eigenvalue weighted by Gasteiger charge is 2.35. The van der Waals surface area contributed by atoms with Gasteiger partial charge in [0.05, 0.1) is 6.54 Å². The molecule has 1 aliphatic carbocycles. The monoisotopic (exact) mass is 349 g/mol. The molecule has 2 aliphatic rings.